The summed E-state index contributed by atoms with van der Waals surface area (Å²) in [6, 6.07) is 2.84. The van der Waals surface area contributed by atoms with Crippen LogP contribution in [0.5, 0.6) is 0 Å². The van der Waals surface area contributed by atoms with Gasteiger partial charge >= 0.3 is 11.9 Å². The van der Waals surface area contributed by atoms with Crippen LogP contribution in [0, 0.1) is 0 Å². The Morgan fingerprint density at radius 3 is 2.47 bits per heavy atom. The Bertz CT molecular complexity index is 483. The van der Waals surface area contributed by atoms with Gasteiger partial charge in [-0.15, -0.1) is 0 Å². The van der Waals surface area contributed by atoms with Gasteiger partial charge in [0.05, 0.1) is 5.56 Å². The first-order valence-corrected chi connectivity index (χ1v) is 4.66. The molecule has 0 saturated heterocycles. The van der Waals surface area contributed by atoms with Crippen molar-refractivity contribution in [2.24, 2.45) is 0 Å². The van der Waals surface area contributed by atoms with E-state index in [1.54, 1.807) is 0 Å². The molecule has 0 aliphatic rings. The van der Waals surface area contributed by atoms with Gasteiger partial charge in [0.15, 0.2) is 0 Å². The molecule has 0 aliphatic heterocycles. The highest BCUT2D eigenvalue weighted by atomic mass is 16.5. The number of carbonyl (C=O) groups excluding carboxylic acids is 1. The predicted molar refractivity (Wildman–Crippen MR) is 62.2 cm³/mol. The fourth-order valence-electron chi connectivity index (χ4n) is 1.29. The van der Waals surface area contributed by atoms with Crippen LogP contribution >= 0.6 is 0 Å². The minimum atomic E-state index is -1.22. The van der Waals surface area contributed by atoms with Crippen LogP contribution in [0.15, 0.2) is 24.8 Å². The molecule has 0 atom stereocenters. The fourth-order valence-corrected chi connectivity index (χ4v) is 1.29. The van der Waals surface area contributed by atoms with Gasteiger partial charge in [0.2, 0.25) is 0 Å². The Morgan fingerprint density at radius 2 is 1.94 bits per heavy atom. The van der Waals surface area contributed by atoms with Crippen LogP contribution in [-0.4, -0.2) is 17.0 Å². The third kappa shape index (κ3) is 2.75. The van der Waals surface area contributed by atoms with Crippen molar-refractivity contribution < 1.29 is 19.4 Å². The van der Waals surface area contributed by atoms with Crippen molar-refractivity contribution in [1.29, 1.82) is 0 Å². The fraction of sp³-hybridized carbons (Fsp3) is 0.0909. The first kappa shape index (κ1) is 12.6. The highest BCUT2D eigenvalue weighted by Crippen LogP contribution is 2.24. The molecule has 6 nitrogen and oxygen atoms in total. The standard InChI is InChI=1S/C11H12N2O4/c1-2-9(14)17-5-6-7(12)3-4-8(13)10(6)11(15)16/h2-4H,1,5,12-13H2,(H,15,16). The van der Waals surface area contributed by atoms with E-state index in [2.05, 4.69) is 6.58 Å². The van der Waals surface area contributed by atoms with Gasteiger partial charge in [-0.2, -0.15) is 0 Å². The van der Waals surface area contributed by atoms with Crippen molar-refractivity contribution in [3.05, 3.63) is 35.9 Å². The highest BCUT2D eigenvalue weighted by Gasteiger charge is 2.17. The third-order valence-corrected chi connectivity index (χ3v) is 2.12. The number of hydrogen-bond acceptors (Lipinski definition) is 5. The van der Waals surface area contributed by atoms with Gasteiger partial charge in [0.25, 0.3) is 0 Å². The monoisotopic (exact) mass is 236 g/mol. The zero-order valence-corrected chi connectivity index (χ0v) is 8.97. The van der Waals surface area contributed by atoms with Crippen molar-refractivity contribution in [3.63, 3.8) is 0 Å². The van der Waals surface area contributed by atoms with E-state index in [4.69, 9.17) is 21.3 Å². The third-order valence-electron chi connectivity index (χ3n) is 2.12. The van der Waals surface area contributed by atoms with Crippen molar-refractivity contribution in [3.8, 4) is 0 Å². The molecule has 0 bridgehead atoms. The molecular formula is C11H12N2O4. The average molecular weight is 236 g/mol. The zero-order valence-electron chi connectivity index (χ0n) is 8.97. The maximum absolute atomic E-state index is 11.0. The van der Waals surface area contributed by atoms with E-state index in [1.807, 2.05) is 0 Å². The Morgan fingerprint density at radius 1 is 1.35 bits per heavy atom. The number of ether oxygens (including phenoxy) is 1. The van der Waals surface area contributed by atoms with E-state index >= 15 is 0 Å². The molecule has 0 aromatic heterocycles. The van der Waals surface area contributed by atoms with Gasteiger partial charge in [-0.05, 0) is 12.1 Å². The summed E-state index contributed by atoms with van der Waals surface area (Å²) in [6.07, 6.45) is 0.975. The van der Waals surface area contributed by atoms with Crippen LogP contribution in [0.2, 0.25) is 0 Å². The number of rotatable bonds is 4. The van der Waals surface area contributed by atoms with Crippen LogP contribution in [0.4, 0.5) is 11.4 Å². The number of esters is 1. The number of nitrogen functional groups attached to an aromatic ring is 2. The molecule has 17 heavy (non-hydrogen) atoms. The lowest BCUT2D eigenvalue weighted by Crippen LogP contribution is -2.12. The number of carbonyl (C=O) groups is 2. The van der Waals surface area contributed by atoms with Gasteiger partial charge in [-0.25, -0.2) is 9.59 Å². The summed E-state index contributed by atoms with van der Waals surface area (Å²) in [6.45, 7) is 2.96. The van der Waals surface area contributed by atoms with Crippen molar-refractivity contribution in [2.45, 2.75) is 6.61 Å². The molecule has 0 aliphatic carbocycles. The lowest BCUT2D eigenvalue weighted by molar-refractivity contribution is -0.138. The van der Waals surface area contributed by atoms with Gasteiger partial charge in [0, 0.05) is 23.0 Å². The zero-order chi connectivity index (χ0) is 13.0. The molecule has 0 amide bonds. The molecule has 90 valence electrons. The van der Waals surface area contributed by atoms with Crippen LogP contribution in [-0.2, 0) is 16.1 Å². The van der Waals surface area contributed by atoms with E-state index < -0.39 is 11.9 Å². The summed E-state index contributed by atoms with van der Waals surface area (Å²) >= 11 is 0. The SMILES string of the molecule is C=CC(=O)OCc1c(N)ccc(N)c1C(=O)O. The van der Waals surface area contributed by atoms with E-state index in [-0.39, 0.29) is 29.1 Å². The summed E-state index contributed by atoms with van der Waals surface area (Å²) in [4.78, 5) is 21.9. The lowest BCUT2D eigenvalue weighted by atomic mass is 10.0. The van der Waals surface area contributed by atoms with Gasteiger partial charge in [-0.1, -0.05) is 6.58 Å². The van der Waals surface area contributed by atoms with E-state index in [9.17, 15) is 9.59 Å². The summed E-state index contributed by atoms with van der Waals surface area (Å²) in [5.41, 5.74) is 11.4. The average Bonchev–Trinajstić information content (AvgIpc) is 2.28. The maximum atomic E-state index is 11.0. The van der Waals surface area contributed by atoms with Crippen molar-refractivity contribution >= 4 is 23.3 Å². The van der Waals surface area contributed by atoms with E-state index in [1.165, 1.54) is 12.1 Å². The highest BCUT2D eigenvalue weighted by molar-refractivity contribution is 5.97. The van der Waals surface area contributed by atoms with E-state index in [0.717, 1.165) is 6.08 Å². The first-order valence-electron chi connectivity index (χ1n) is 4.66. The summed E-state index contributed by atoms with van der Waals surface area (Å²) in [5.74, 6) is -1.89. The summed E-state index contributed by atoms with van der Waals surface area (Å²) < 4.78 is 4.75. The summed E-state index contributed by atoms with van der Waals surface area (Å²) in [7, 11) is 0. The molecule has 0 spiro atoms. The van der Waals surface area contributed by atoms with Crippen LogP contribution in [0.25, 0.3) is 0 Å². The Kier molecular flexibility index (Phi) is 3.71. The van der Waals surface area contributed by atoms with Gasteiger partial charge in [-0.3, -0.25) is 0 Å². The second kappa shape index (κ2) is 5.02. The molecule has 1 rings (SSSR count). The Balaban J connectivity index is 3.12. The second-order valence-electron chi connectivity index (χ2n) is 3.21. The van der Waals surface area contributed by atoms with Crippen molar-refractivity contribution in [2.75, 3.05) is 11.5 Å². The maximum Gasteiger partial charge on any atom is 0.338 e. The number of carboxylic acids is 1. The molecule has 0 fully saturated rings. The minimum absolute atomic E-state index is 0.0661. The van der Waals surface area contributed by atoms with Crippen LogP contribution in [0.1, 0.15) is 15.9 Å². The molecule has 0 saturated carbocycles. The lowest BCUT2D eigenvalue weighted by Gasteiger charge is -2.11. The van der Waals surface area contributed by atoms with E-state index in [0.29, 0.717) is 0 Å². The molecule has 0 unspecified atom stereocenters. The number of hydrogen-bond donors (Lipinski definition) is 3. The topological polar surface area (TPSA) is 116 Å². The number of aromatic carboxylic acids is 1. The Labute approximate surface area is 97.5 Å². The quantitative estimate of drug-likeness (QED) is 0.404. The molecular weight excluding hydrogens is 224 g/mol. The minimum Gasteiger partial charge on any atom is -0.478 e. The smallest absolute Gasteiger partial charge is 0.338 e. The molecule has 5 N–H and O–H groups in total. The van der Waals surface area contributed by atoms with Crippen LogP contribution < -0.4 is 11.5 Å². The second-order valence-corrected chi connectivity index (χ2v) is 3.21. The first-order chi connectivity index (χ1) is 7.97. The number of anilines is 2. The Hall–Kier alpha value is -2.50. The molecule has 0 heterocycles. The van der Waals surface area contributed by atoms with Crippen molar-refractivity contribution in [1.82, 2.24) is 0 Å². The number of nitrogens with two attached hydrogens (primary N) is 2. The molecule has 0 radical (unpaired) electrons. The van der Waals surface area contributed by atoms with Crippen LogP contribution in [0.3, 0.4) is 0 Å². The summed E-state index contributed by atoms with van der Waals surface area (Å²) in [5, 5.41) is 9.00. The number of benzene rings is 1. The van der Waals surface area contributed by atoms with Gasteiger partial charge < -0.3 is 21.3 Å². The predicted octanol–water partition coefficient (Wildman–Crippen LogP) is 0.778. The largest absolute Gasteiger partial charge is 0.478 e. The normalized spacial score (nSPS) is 9.65. The molecule has 1 aromatic carbocycles. The number of carboxylic acid groups (broad SMARTS) is 1. The van der Waals surface area contributed by atoms with Gasteiger partial charge in [0.1, 0.15) is 6.61 Å². The molecule has 6 heteroatoms. The molecule has 1 aromatic rings.